The standard InChI is InChI=1S/C18H16F3N3O2S/c1-11(12-5-3-2-4-6-12)10-17(26,18(19,20)21)16(25)22-13-7-8-14-15(9-13)24-27-23-14/h2-9,11,26H,10H2,1H3,(H,22,25). The number of fused-ring (bicyclic) bond motifs is 1. The van der Waals surface area contributed by atoms with Crippen LogP contribution in [0.25, 0.3) is 11.0 Å². The Morgan fingerprint density at radius 3 is 2.48 bits per heavy atom. The Bertz CT molecular complexity index is 946. The summed E-state index contributed by atoms with van der Waals surface area (Å²) >= 11 is 0.954. The molecule has 0 spiro atoms. The van der Waals surface area contributed by atoms with Gasteiger partial charge in [0, 0.05) is 12.1 Å². The summed E-state index contributed by atoms with van der Waals surface area (Å²) in [5.41, 5.74) is -1.80. The Morgan fingerprint density at radius 2 is 1.81 bits per heavy atom. The number of hydrogen-bond acceptors (Lipinski definition) is 5. The minimum Gasteiger partial charge on any atom is -0.373 e. The molecule has 0 bridgehead atoms. The van der Waals surface area contributed by atoms with Crippen LogP contribution >= 0.6 is 11.7 Å². The molecule has 0 fully saturated rings. The van der Waals surface area contributed by atoms with Crippen molar-refractivity contribution in [2.45, 2.75) is 31.0 Å². The molecule has 0 radical (unpaired) electrons. The Kier molecular flexibility index (Phi) is 5.16. The normalized spacial score (nSPS) is 15.3. The lowest BCUT2D eigenvalue weighted by Gasteiger charge is -2.31. The fourth-order valence-electron chi connectivity index (χ4n) is 2.77. The van der Waals surface area contributed by atoms with Gasteiger partial charge in [0.2, 0.25) is 5.60 Å². The molecule has 0 saturated heterocycles. The van der Waals surface area contributed by atoms with E-state index in [-0.39, 0.29) is 5.69 Å². The van der Waals surface area contributed by atoms with Crippen LogP contribution in [-0.4, -0.2) is 31.5 Å². The van der Waals surface area contributed by atoms with Crippen molar-refractivity contribution >= 4 is 34.4 Å². The largest absolute Gasteiger partial charge is 0.426 e. The molecule has 2 aromatic carbocycles. The van der Waals surface area contributed by atoms with Crippen LogP contribution in [0.3, 0.4) is 0 Å². The first-order valence-electron chi connectivity index (χ1n) is 8.08. The molecule has 142 valence electrons. The van der Waals surface area contributed by atoms with Crippen LogP contribution in [0, 0.1) is 0 Å². The van der Waals surface area contributed by atoms with Crippen molar-refractivity contribution in [3.05, 3.63) is 54.1 Å². The van der Waals surface area contributed by atoms with Crippen LogP contribution in [0.1, 0.15) is 24.8 Å². The quantitative estimate of drug-likeness (QED) is 0.682. The minimum atomic E-state index is -5.13. The van der Waals surface area contributed by atoms with Gasteiger partial charge >= 0.3 is 6.18 Å². The highest BCUT2D eigenvalue weighted by molar-refractivity contribution is 7.00. The highest BCUT2D eigenvalue weighted by atomic mass is 32.1. The van der Waals surface area contributed by atoms with Crippen molar-refractivity contribution in [2.75, 3.05) is 5.32 Å². The van der Waals surface area contributed by atoms with Crippen LogP contribution < -0.4 is 5.32 Å². The van der Waals surface area contributed by atoms with Gasteiger partial charge in [-0.05, 0) is 29.7 Å². The van der Waals surface area contributed by atoms with Crippen molar-refractivity contribution < 1.29 is 23.1 Å². The van der Waals surface area contributed by atoms with Crippen LogP contribution in [0.15, 0.2) is 48.5 Å². The second kappa shape index (κ2) is 7.24. The number of alkyl halides is 3. The number of halogens is 3. The molecule has 1 heterocycles. The third-order valence-corrected chi connectivity index (χ3v) is 4.88. The number of carbonyl (C=O) groups is 1. The molecule has 0 aliphatic rings. The van der Waals surface area contributed by atoms with E-state index in [2.05, 4.69) is 14.1 Å². The highest BCUT2D eigenvalue weighted by Gasteiger charge is 2.59. The maximum absolute atomic E-state index is 13.6. The van der Waals surface area contributed by atoms with E-state index < -0.39 is 30.0 Å². The number of benzene rings is 2. The zero-order valence-corrected chi connectivity index (χ0v) is 15.0. The number of hydrogen-bond donors (Lipinski definition) is 2. The van der Waals surface area contributed by atoms with Gasteiger partial charge in [0.25, 0.3) is 5.91 Å². The fraction of sp³-hybridized carbons (Fsp3) is 0.278. The Labute approximate surface area is 157 Å². The molecular formula is C18H16F3N3O2S. The number of anilines is 1. The first-order valence-corrected chi connectivity index (χ1v) is 8.81. The predicted octanol–water partition coefficient (Wildman–Crippen LogP) is 4.12. The number of nitrogens with one attached hydrogen (secondary N) is 1. The van der Waals surface area contributed by atoms with Gasteiger partial charge in [-0.1, -0.05) is 37.3 Å². The average Bonchev–Trinajstić information content (AvgIpc) is 3.09. The van der Waals surface area contributed by atoms with Crippen molar-refractivity contribution in [1.82, 2.24) is 8.75 Å². The summed E-state index contributed by atoms with van der Waals surface area (Å²) in [5, 5.41) is 12.5. The Morgan fingerprint density at radius 1 is 1.15 bits per heavy atom. The monoisotopic (exact) mass is 395 g/mol. The fourth-order valence-corrected chi connectivity index (χ4v) is 3.29. The van der Waals surface area contributed by atoms with Crippen LogP contribution in [0.4, 0.5) is 18.9 Å². The lowest BCUT2D eigenvalue weighted by molar-refractivity contribution is -0.252. The van der Waals surface area contributed by atoms with Crippen LogP contribution in [0.2, 0.25) is 0 Å². The molecule has 3 rings (SSSR count). The van der Waals surface area contributed by atoms with Crippen molar-refractivity contribution in [3.8, 4) is 0 Å². The number of rotatable bonds is 5. The number of amides is 1. The minimum absolute atomic E-state index is 0.107. The lowest BCUT2D eigenvalue weighted by atomic mass is 9.86. The summed E-state index contributed by atoms with van der Waals surface area (Å²) < 4.78 is 48.8. The number of aromatic nitrogens is 2. The smallest absolute Gasteiger partial charge is 0.373 e. The van der Waals surface area contributed by atoms with Crippen LogP contribution in [0.5, 0.6) is 0 Å². The SMILES string of the molecule is CC(CC(O)(C(=O)Nc1ccc2nsnc2c1)C(F)(F)F)c1ccccc1. The topological polar surface area (TPSA) is 75.1 Å². The van der Waals surface area contributed by atoms with E-state index >= 15 is 0 Å². The molecule has 0 aliphatic heterocycles. The molecule has 3 aromatic rings. The maximum atomic E-state index is 13.6. The zero-order chi connectivity index (χ0) is 19.7. The second-order valence-corrected chi connectivity index (χ2v) is 6.82. The third kappa shape index (κ3) is 3.93. The van der Waals surface area contributed by atoms with Gasteiger partial charge in [0.15, 0.2) is 0 Å². The predicted molar refractivity (Wildman–Crippen MR) is 96.5 cm³/mol. The average molecular weight is 395 g/mol. The van der Waals surface area contributed by atoms with E-state index in [1.54, 1.807) is 30.3 Å². The Balaban J connectivity index is 1.85. The van der Waals surface area contributed by atoms with Gasteiger partial charge < -0.3 is 10.4 Å². The van der Waals surface area contributed by atoms with Gasteiger partial charge in [0.05, 0.1) is 11.7 Å². The molecule has 9 heteroatoms. The summed E-state index contributed by atoms with van der Waals surface area (Å²) in [6.07, 6.45) is -5.93. The summed E-state index contributed by atoms with van der Waals surface area (Å²) in [6.45, 7) is 1.53. The molecule has 2 atom stereocenters. The molecule has 0 aliphatic carbocycles. The molecule has 2 unspecified atom stereocenters. The number of nitrogens with zero attached hydrogens (tertiary/aromatic N) is 2. The van der Waals surface area contributed by atoms with E-state index in [1.807, 2.05) is 0 Å². The zero-order valence-electron chi connectivity index (χ0n) is 14.2. The van der Waals surface area contributed by atoms with E-state index in [9.17, 15) is 23.1 Å². The molecule has 1 amide bonds. The van der Waals surface area contributed by atoms with Gasteiger partial charge in [-0.2, -0.15) is 21.9 Å². The molecular weight excluding hydrogens is 379 g/mol. The van der Waals surface area contributed by atoms with Gasteiger partial charge in [0.1, 0.15) is 11.0 Å². The van der Waals surface area contributed by atoms with E-state index in [0.717, 1.165) is 11.7 Å². The van der Waals surface area contributed by atoms with Gasteiger partial charge in [-0.3, -0.25) is 4.79 Å². The molecule has 27 heavy (non-hydrogen) atoms. The van der Waals surface area contributed by atoms with Crippen molar-refractivity contribution in [1.29, 1.82) is 0 Å². The lowest BCUT2D eigenvalue weighted by Crippen LogP contribution is -2.55. The van der Waals surface area contributed by atoms with Crippen molar-refractivity contribution in [3.63, 3.8) is 0 Å². The number of carbonyl (C=O) groups excluding carboxylic acids is 1. The summed E-state index contributed by atoms with van der Waals surface area (Å²) in [4.78, 5) is 12.4. The number of aliphatic hydroxyl groups is 1. The molecule has 2 N–H and O–H groups in total. The maximum Gasteiger partial charge on any atom is 0.426 e. The van der Waals surface area contributed by atoms with Gasteiger partial charge in [-0.15, -0.1) is 0 Å². The van der Waals surface area contributed by atoms with Crippen molar-refractivity contribution in [2.24, 2.45) is 0 Å². The first-order chi connectivity index (χ1) is 12.7. The van der Waals surface area contributed by atoms with Crippen LogP contribution in [-0.2, 0) is 4.79 Å². The summed E-state index contributed by atoms with van der Waals surface area (Å²) in [5.74, 6) is -2.21. The third-order valence-electron chi connectivity index (χ3n) is 4.33. The first kappa shape index (κ1) is 19.2. The molecule has 1 aromatic heterocycles. The molecule has 5 nitrogen and oxygen atoms in total. The van der Waals surface area contributed by atoms with E-state index in [1.165, 1.54) is 25.1 Å². The summed E-state index contributed by atoms with van der Waals surface area (Å²) in [6, 6.07) is 12.8. The van der Waals surface area contributed by atoms with E-state index in [0.29, 0.717) is 16.6 Å². The highest BCUT2D eigenvalue weighted by Crippen LogP contribution is 2.39. The van der Waals surface area contributed by atoms with Gasteiger partial charge in [-0.25, -0.2) is 0 Å². The second-order valence-electron chi connectivity index (χ2n) is 6.30. The summed E-state index contributed by atoms with van der Waals surface area (Å²) in [7, 11) is 0. The Hall–Kier alpha value is -2.52. The van der Waals surface area contributed by atoms with E-state index in [4.69, 9.17) is 0 Å². The molecule has 0 saturated carbocycles.